The molecule has 0 radical (unpaired) electrons. The van der Waals surface area contributed by atoms with Gasteiger partial charge in [0.2, 0.25) is 0 Å². The van der Waals surface area contributed by atoms with Crippen LogP contribution in [0.5, 0.6) is 0 Å². The molecule has 22 heavy (non-hydrogen) atoms. The van der Waals surface area contributed by atoms with Crippen molar-refractivity contribution in [2.45, 2.75) is 11.8 Å². The predicted molar refractivity (Wildman–Crippen MR) is 92.5 cm³/mol. The Labute approximate surface area is 142 Å². The largest absolute Gasteiger partial charge is 0.465 e. The topological polar surface area (TPSA) is 72.5 Å². The fourth-order valence-electron chi connectivity index (χ4n) is 1.76. The van der Waals surface area contributed by atoms with Crippen molar-refractivity contribution in [3.63, 3.8) is 0 Å². The fourth-order valence-corrected chi connectivity index (χ4v) is 3.68. The Balaban J connectivity index is 2.30. The number of anilines is 1. The zero-order chi connectivity index (χ0) is 16.3. The van der Waals surface area contributed by atoms with E-state index in [1.165, 1.54) is 13.2 Å². The van der Waals surface area contributed by atoms with Crippen molar-refractivity contribution in [1.29, 1.82) is 0 Å². The lowest BCUT2D eigenvalue weighted by Crippen LogP contribution is -2.14. The molecule has 0 atom stereocenters. The first kappa shape index (κ1) is 16.8. The van der Waals surface area contributed by atoms with Crippen LogP contribution in [0.2, 0.25) is 0 Å². The monoisotopic (exact) mass is 431 g/mol. The Morgan fingerprint density at radius 3 is 2.32 bits per heavy atom. The third kappa shape index (κ3) is 3.77. The van der Waals surface area contributed by atoms with Crippen molar-refractivity contribution in [2.24, 2.45) is 0 Å². The molecule has 0 bridgehead atoms. The number of hydrogen-bond donors (Lipinski definition) is 1. The number of esters is 1. The molecule has 0 spiro atoms. The number of benzene rings is 2. The molecule has 1 N–H and O–H groups in total. The summed E-state index contributed by atoms with van der Waals surface area (Å²) in [6, 6.07) is 11.2. The zero-order valence-electron chi connectivity index (χ0n) is 12.0. The normalized spacial score (nSPS) is 11.0. The average Bonchev–Trinajstić information content (AvgIpc) is 2.48. The summed E-state index contributed by atoms with van der Waals surface area (Å²) in [5.74, 6) is -0.467. The molecule has 116 valence electrons. The SMILES string of the molecule is COC(=O)c1ccc(NS(=O)(=O)c2ccc(C)cc2)c(I)c1. The zero-order valence-corrected chi connectivity index (χ0v) is 14.9. The number of rotatable bonds is 4. The van der Waals surface area contributed by atoms with Crippen LogP contribution in [0.1, 0.15) is 15.9 Å². The molecule has 7 heteroatoms. The highest BCUT2D eigenvalue weighted by molar-refractivity contribution is 14.1. The minimum atomic E-state index is -3.66. The van der Waals surface area contributed by atoms with Crippen molar-refractivity contribution in [2.75, 3.05) is 11.8 Å². The molecule has 0 aliphatic rings. The van der Waals surface area contributed by atoms with Gasteiger partial charge in [-0.05, 0) is 59.8 Å². The maximum Gasteiger partial charge on any atom is 0.337 e. The van der Waals surface area contributed by atoms with E-state index >= 15 is 0 Å². The van der Waals surface area contributed by atoms with Gasteiger partial charge >= 0.3 is 5.97 Å². The number of methoxy groups -OCH3 is 1. The Kier molecular flexibility index (Phi) is 5.07. The lowest BCUT2D eigenvalue weighted by molar-refractivity contribution is 0.0600. The van der Waals surface area contributed by atoms with E-state index in [0.29, 0.717) is 14.8 Å². The molecule has 0 aliphatic heterocycles. The van der Waals surface area contributed by atoms with Gasteiger partial charge in [0.1, 0.15) is 0 Å². The van der Waals surface area contributed by atoms with Gasteiger partial charge in [-0.15, -0.1) is 0 Å². The number of hydrogen-bond acceptors (Lipinski definition) is 4. The lowest BCUT2D eigenvalue weighted by Gasteiger charge is -2.11. The van der Waals surface area contributed by atoms with E-state index in [2.05, 4.69) is 9.46 Å². The average molecular weight is 431 g/mol. The first-order valence-electron chi connectivity index (χ1n) is 6.31. The van der Waals surface area contributed by atoms with Crippen molar-refractivity contribution in [1.82, 2.24) is 0 Å². The van der Waals surface area contributed by atoms with Crippen molar-refractivity contribution >= 4 is 44.3 Å². The maximum atomic E-state index is 12.3. The standard InChI is InChI=1S/C15H14INO4S/c1-10-3-6-12(7-4-10)22(19,20)17-14-8-5-11(9-13(14)16)15(18)21-2/h3-9,17H,1-2H3. The molecular formula is C15H14INO4S. The van der Waals surface area contributed by atoms with Crippen LogP contribution >= 0.6 is 22.6 Å². The lowest BCUT2D eigenvalue weighted by atomic mass is 10.2. The van der Waals surface area contributed by atoms with Gasteiger partial charge < -0.3 is 4.74 Å². The van der Waals surface area contributed by atoms with Crippen LogP contribution in [0.15, 0.2) is 47.4 Å². The van der Waals surface area contributed by atoms with Crippen LogP contribution in [0.4, 0.5) is 5.69 Å². The summed E-state index contributed by atoms with van der Waals surface area (Å²) in [7, 11) is -2.37. The van der Waals surface area contributed by atoms with Gasteiger partial charge in [0.05, 0.1) is 23.3 Å². The van der Waals surface area contributed by atoms with E-state index < -0.39 is 16.0 Å². The number of halogens is 1. The number of sulfonamides is 1. The van der Waals surface area contributed by atoms with Crippen molar-refractivity contribution in [3.8, 4) is 0 Å². The minimum absolute atomic E-state index is 0.186. The molecular weight excluding hydrogens is 417 g/mol. The molecule has 0 amide bonds. The van der Waals surface area contributed by atoms with Crippen LogP contribution in [0, 0.1) is 10.5 Å². The van der Waals surface area contributed by atoms with Gasteiger partial charge in [-0.1, -0.05) is 17.7 Å². The van der Waals surface area contributed by atoms with Crippen LogP contribution in [-0.2, 0) is 14.8 Å². The van der Waals surface area contributed by atoms with Crippen LogP contribution in [0.25, 0.3) is 0 Å². The number of aryl methyl sites for hydroxylation is 1. The molecule has 2 aromatic rings. The van der Waals surface area contributed by atoms with E-state index in [-0.39, 0.29) is 4.90 Å². The van der Waals surface area contributed by atoms with Gasteiger partial charge in [0, 0.05) is 3.57 Å². The quantitative estimate of drug-likeness (QED) is 0.597. The maximum absolute atomic E-state index is 12.3. The van der Waals surface area contributed by atoms with Gasteiger partial charge in [-0.2, -0.15) is 0 Å². The molecule has 0 aromatic heterocycles. The van der Waals surface area contributed by atoms with Crippen molar-refractivity contribution in [3.05, 3.63) is 57.2 Å². The first-order chi connectivity index (χ1) is 10.3. The minimum Gasteiger partial charge on any atom is -0.465 e. The second-order valence-electron chi connectivity index (χ2n) is 4.60. The third-order valence-corrected chi connectivity index (χ3v) is 5.24. The molecule has 0 unspecified atom stereocenters. The van der Waals surface area contributed by atoms with E-state index in [9.17, 15) is 13.2 Å². The molecule has 0 aliphatic carbocycles. The summed E-state index contributed by atoms with van der Waals surface area (Å²) in [5.41, 5.74) is 1.76. The number of carbonyl (C=O) groups excluding carboxylic acids is 1. The summed E-state index contributed by atoms with van der Waals surface area (Å²) >= 11 is 1.97. The smallest absolute Gasteiger partial charge is 0.337 e. The molecule has 2 aromatic carbocycles. The highest BCUT2D eigenvalue weighted by Gasteiger charge is 2.16. The first-order valence-corrected chi connectivity index (χ1v) is 8.87. The molecule has 0 heterocycles. The van der Waals surface area contributed by atoms with Gasteiger partial charge in [0.15, 0.2) is 0 Å². The summed E-state index contributed by atoms with van der Waals surface area (Å²) in [4.78, 5) is 11.6. The summed E-state index contributed by atoms with van der Waals surface area (Å²) in [6.07, 6.45) is 0. The van der Waals surface area contributed by atoms with Crippen LogP contribution < -0.4 is 4.72 Å². The summed E-state index contributed by atoms with van der Waals surface area (Å²) < 4.78 is 32.4. The second kappa shape index (κ2) is 6.66. The Morgan fingerprint density at radius 2 is 1.77 bits per heavy atom. The molecule has 2 rings (SSSR count). The van der Waals surface area contributed by atoms with Crippen LogP contribution in [-0.4, -0.2) is 21.5 Å². The predicted octanol–water partition coefficient (Wildman–Crippen LogP) is 3.19. The van der Waals surface area contributed by atoms with E-state index in [1.807, 2.05) is 29.5 Å². The summed E-state index contributed by atoms with van der Waals surface area (Å²) in [6.45, 7) is 1.89. The number of nitrogens with one attached hydrogen (secondary N) is 1. The van der Waals surface area contributed by atoms with E-state index in [4.69, 9.17) is 0 Å². The molecule has 5 nitrogen and oxygen atoms in total. The molecule has 0 fully saturated rings. The van der Waals surface area contributed by atoms with Gasteiger partial charge in [-0.25, -0.2) is 13.2 Å². The van der Waals surface area contributed by atoms with E-state index in [1.54, 1.807) is 36.4 Å². The van der Waals surface area contributed by atoms with Crippen LogP contribution in [0.3, 0.4) is 0 Å². The van der Waals surface area contributed by atoms with E-state index in [0.717, 1.165) is 5.56 Å². The molecule has 0 saturated heterocycles. The highest BCUT2D eigenvalue weighted by atomic mass is 127. The third-order valence-electron chi connectivity index (χ3n) is 2.97. The summed E-state index contributed by atoms with van der Waals surface area (Å²) in [5, 5.41) is 0. The molecule has 0 saturated carbocycles. The number of ether oxygens (including phenoxy) is 1. The Hall–Kier alpha value is -1.61. The fraction of sp³-hybridized carbons (Fsp3) is 0.133. The van der Waals surface area contributed by atoms with Crippen molar-refractivity contribution < 1.29 is 17.9 Å². The van der Waals surface area contributed by atoms with Gasteiger partial charge in [-0.3, -0.25) is 4.72 Å². The second-order valence-corrected chi connectivity index (χ2v) is 7.45. The Morgan fingerprint density at radius 1 is 1.14 bits per heavy atom. The van der Waals surface area contributed by atoms with Gasteiger partial charge in [0.25, 0.3) is 10.0 Å². The number of carbonyl (C=O) groups is 1. The highest BCUT2D eigenvalue weighted by Crippen LogP contribution is 2.23. The Bertz CT molecular complexity index is 801.